The molecule has 4 fully saturated rings. The number of hydrogen-bond acceptors (Lipinski definition) is 1. The first kappa shape index (κ1) is 29.3. The predicted molar refractivity (Wildman–Crippen MR) is 213 cm³/mol. The third kappa shape index (κ3) is 4.34. The molecule has 7 aromatic rings. The van der Waals surface area contributed by atoms with Gasteiger partial charge in [0.15, 0.2) is 0 Å². The van der Waals surface area contributed by atoms with Gasteiger partial charge in [0.1, 0.15) is 0 Å². The summed E-state index contributed by atoms with van der Waals surface area (Å²) in [5, 5.41) is 2.55. The zero-order chi connectivity index (χ0) is 33.5. The molecule has 0 heterocycles. The van der Waals surface area contributed by atoms with Crippen LogP contribution in [-0.4, -0.2) is 0 Å². The molecule has 7 aromatic carbocycles. The molecule has 4 bridgehead atoms. The van der Waals surface area contributed by atoms with E-state index in [2.05, 4.69) is 169 Å². The van der Waals surface area contributed by atoms with Crippen molar-refractivity contribution in [1.29, 1.82) is 0 Å². The molecule has 51 heavy (non-hydrogen) atoms. The van der Waals surface area contributed by atoms with Crippen LogP contribution in [0.2, 0.25) is 0 Å². The van der Waals surface area contributed by atoms with Gasteiger partial charge in [0.25, 0.3) is 0 Å². The Morgan fingerprint density at radius 1 is 0.412 bits per heavy atom. The summed E-state index contributed by atoms with van der Waals surface area (Å²) in [6, 6.07) is 61.5. The molecule has 0 unspecified atom stereocenters. The minimum absolute atomic E-state index is 0.125. The molecule has 1 nitrogen and oxygen atoms in total. The fraction of sp³-hybridized carbons (Fsp3) is 0.200. The largest absolute Gasteiger partial charge is 0.309 e. The number of fused-ring (bicyclic) bond motifs is 4. The first-order valence-electron chi connectivity index (χ1n) is 19.0. The maximum atomic E-state index is 2.57. The quantitative estimate of drug-likeness (QED) is 0.178. The second-order valence-electron chi connectivity index (χ2n) is 15.7. The van der Waals surface area contributed by atoms with Crippen molar-refractivity contribution in [1.82, 2.24) is 0 Å². The van der Waals surface area contributed by atoms with Gasteiger partial charge in [0.2, 0.25) is 0 Å². The number of anilines is 3. The SMILES string of the molecule is c1ccc(-c2ccccc2N(c2ccc(-c3ccc4ccccc4c3)cc2)c2cccc3c2-c2ccccc2C32C3CC4CC(C3)CC2C4)cc1. The first-order chi connectivity index (χ1) is 25.3. The van der Waals surface area contributed by atoms with Gasteiger partial charge in [-0.1, -0.05) is 133 Å². The van der Waals surface area contributed by atoms with Crippen LogP contribution in [0.3, 0.4) is 0 Å². The van der Waals surface area contributed by atoms with E-state index in [0.29, 0.717) is 0 Å². The van der Waals surface area contributed by atoms with Crippen LogP contribution in [0.25, 0.3) is 44.2 Å². The normalized spacial score (nSPS) is 23.8. The minimum atomic E-state index is 0.125. The summed E-state index contributed by atoms with van der Waals surface area (Å²) in [5.74, 6) is 3.32. The lowest BCUT2D eigenvalue weighted by molar-refractivity contribution is -0.0399. The lowest BCUT2D eigenvalue weighted by atomic mass is 9.43. The number of para-hydroxylation sites is 1. The molecule has 5 aliphatic carbocycles. The van der Waals surface area contributed by atoms with Crippen molar-refractivity contribution in [2.24, 2.45) is 23.7 Å². The molecule has 0 aliphatic heterocycles. The molecule has 1 heteroatoms. The van der Waals surface area contributed by atoms with E-state index in [1.807, 2.05) is 0 Å². The van der Waals surface area contributed by atoms with Crippen molar-refractivity contribution in [3.05, 3.63) is 175 Å². The van der Waals surface area contributed by atoms with E-state index in [-0.39, 0.29) is 5.41 Å². The summed E-state index contributed by atoms with van der Waals surface area (Å²) in [4.78, 5) is 2.57. The van der Waals surface area contributed by atoms with E-state index >= 15 is 0 Å². The van der Waals surface area contributed by atoms with Gasteiger partial charge in [-0.25, -0.2) is 0 Å². The molecule has 0 amide bonds. The number of hydrogen-bond donors (Lipinski definition) is 0. The Balaban J connectivity index is 1.13. The van der Waals surface area contributed by atoms with Crippen LogP contribution in [0.4, 0.5) is 17.1 Å². The van der Waals surface area contributed by atoms with Gasteiger partial charge in [-0.05, 0) is 130 Å². The van der Waals surface area contributed by atoms with Crippen molar-refractivity contribution < 1.29 is 0 Å². The molecule has 0 aromatic heterocycles. The van der Waals surface area contributed by atoms with Crippen molar-refractivity contribution in [2.45, 2.75) is 37.5 Å². The summed E-state index contributed by atoms with van der Waals surface area (Å²) in [5.41, 5.74) is 14.8. The monoisotopic (exact) mass is 655 g/mol. The topological polar surface area (TPSA) is 3.24 Å². The molecule has 1 spiro atoms. The van der Waals surface area contributed by atoms with E-state index < -0.39 is 0 Å². The van der Waals surface area contributed by atoms with E-state index in [9.17, 15) is 0 Å². The van der Waals surface area contributed by atoms with Crippen molar-refractivity contribution >= 4 is 27.8 Å². The first-order valence-corrected chi connectivity index (χ1v) is 19.0. The predicted octanol–water partition coefficient (Wildman–Crippen LogP) is 13.4. The molecule has 0 radical (unpaired) electrons. The highest BCUT2D eigenvalue weighted by Gasteiger charge is 2.61. The van der Waals surface area contributed by atoms with Gasteiger partial charge >= 0.3 is 0 Å². The number of benzene rings is 7. The number of nitrogens with zero attached hydrogens (tertiary/aromatic N) is 1. The molecular formula is C50H41N. The fourth-order valence-electron chi connectivity index (χ4n) is 11.5. The van der Waals surface area contributed by atoms with Crippen molar-refractivity contribution in [3.8, 4) is 33.4 Å². The zero-order valence-electron chi connectivity index (χ0n) is 28.9. The van der Waals surface area contributed by atoms with E-state index in [1.165, 1.54) is 93.3 Å². The van der Waals surface area contributed by atoms with E-state index in [1.54, 1.807) is 11.1 Å². The molecule has 246 valence electrons. The molecule has 0 saturated heterocycles. The number of rotatable bonds is 5. The summed E-state index contributed by atoms with van der Waals surface area (Å²) in [6.45, 7) is 0. The maximum Gasteiger partial charge on any atom is 0.0543 e. The lowest BCUT2D eigenvalue weighted by Crippen LogP contribution is -2.55. The Kier molecular flexibility index (Phi) is 6.50. The van der Waals surface area contributed by atoms with Crippen LogP contribution in [-0.2, 0) is 5.41 Å². The summed E-state index contributed by atoms with van der Waals surface area (Å²) >= 11 is 0. The smallest absolute Gasteiger partial charge is 0.0543 e. The minimum Gasteiger partial charge on any atom is -0.309 e. The van der Waals surface area contributed by atoms with Crippen LogP contribution in [0.15, 0.2) is 164 Å². The molecular weight excluding hydrogens is 615 g/mol. The van der Waals surface area contributed by atoms with E-state index in [0.717, 1.165) is 23.7 Å². The van der Waals surface area contributed by atoms with Crippen LogP contribution in [0, 0.1) is 23.7 Å². The highest BCUT2D eigenvalue weighted by Crippen LogP contribution is 2.70. The Hall–Kier alpha value is -5.40. The average molecular weight is 656 g/mol. The highest BCUT2D eigenvalue weighted by atomic mass is 15.1. The molecule has 0 N–H and O–H groups in total. The Bertz CT molecular complexity index is 2410. The summed E-state index contributed by atoms with van der Waals surface area (Å²) < 4.78 is 0. The van der Waals surface area contributed by atoms with Gasteiger partial charge in [0, 0.05) is 22.2 Å². The average Bonchev–Trinajstić information content (AvgIpc) is 3.49. The molecule has 12 rings (SSSR count). The summed E-state index contributed by atoms with van der Waals surface area (Å²) in [6.07, 6.45) is 7.03. The van der Waals surface area contributed by atoms with Gasteiger partial charge in [-0.2, -0.15) is 0 Å². The second-order valence-corrected chi connectivity index (χ2v) is 15.7. The molecule has 0 atom stereocenters. The van der Waals surface area contributed by atoms with Gasteiger partial charge in [0.05, 0.1) is 11.4 Å². The van der Waals surface area contributed by atoms with Gasteiger partial charge in [-0.15, -0.1) is 0 Å². The third-order valence-corrected chi connectivity index (χ3v) is 13.2. The Labute approximate surface area is 301 Å². The zero-order valence-corrected chi connectivity index (χ0v) is 28.9. The Morgan fingerprint density at radius 2 is 1.02 bits per heavy atom. The van der Waals surface area contributed by atoms with Gasteiger partial charge < -0.3 is 4.90 Å². The van der Waals surface area contributed by atoms with Crippen molar-refractivity contribution in [2.75, 3.05) is 4.90 Å². The van der Waals surface area contributed by atoms with Crippen LogP contribution >= 0.6 is 0 Å². The third-order valence-electron chi connectivity index (χ3n) is 13.2. The van der Waals surface area contributed by atoms with Crippen LogP contribution < -0.4 is 4.90 Å². The standard InChI is InChI=1S/C50H41N/c1-2-12-37(13-3-1)43-15-7-9-19-47(43)51(42-25-23-36(24-26-42)39-22-21-35-11-4-5-14-38(35)32-39)48-20-10-18-46-49(48)44-16-6-8-17-45(44)50(46)40-28-33-27-34(30-40)31-41(50)29-33/h1-26,32-34,40-41H,27-31H2. The highest BCUT2D eigenvalue weighted by molar-refractivity contribution is 5.98. The van der Waals surface area contributed by atoms with E-state index in [4.69, 9.17) is 0 Å². The fourth-order valence-corrected chi connectivity index (χ4v) is 11.5. The lowest BCUT2D eigenvalue weighted by Gasteiger charge is -2.61. The second kappa shape index (κ2) is 11.3. The van der Waals surface area contributed by atoms with Crippen molar-refractivity contribution in [3.63, 3.8) is 0 Å². The maximum absolute atomic E-state index is 2.57. The Morgan fingerprint density at radius 3 is 1.80 bits per heavy atom. The van der Waals surface area contributed by atoms with Crippen LogP contribution in [0.5, 0.6) is 0 Å². The van der Waals surface area contributed by atoms with Crippen LogP contribution in [0.1, 0.15) is 43.2 Å². The molecule has 5 aliphatic rings. The van der Waals surface area contributed by atoms with Gasteiger partial charge in [-0.3, -0.25) is 0 Å². The molecule has 4 saturated carbocycles. The summed E-state index contributed by atoms with van der Waals surface area (Å²) in [7, 11) is 0.